The van der Waals surface area contributed by atoms with E-state index in [1.54, 1.807) is 0 Å². The molecular formula is C16H22N4O2. The first-order chi connectivity index (χ1) is 10.7. The summed E-state index contributed by atoms with van der Waals surface area (Å²) in [4.78, 5) is 10.7. The molecule has 2 aliphatic heterocycles. The molecule has 1 saturated heterocycles. The average molecular weight is 302 g/mol. The van der Waals surface area contributed by atoms with E-state index in [0.717, 1.165) is 24.2 Å². The van der Waals surface area contributed by atoms with Crippen LogP contribution in [0.15, 0.2) is 30.6 Å². The first-order valence-corrected chi connectivity index (χ1v) is 7.68. The van der Waals surface area contributed by atoms with Gasteiger partial charge in [0.2, 0.25) is 0 Å². The molecular weight excluding hydrogens is 280 g/mol. The van der Waals surface area contributed by atoms with E-state index in [4.69, 9.17) is 10.5 Å². The molecule has 1 fully saturated rings. The second kappa shape index (κ2) is 6.46. The third-order valence-electron chi connectivity index (χ3n) is 4.20. The minimum atomic E-state index is -0.108. The molecule has 118 valence electrons. The Morgan fingerprint density at radius 1 is 1.36 bits per heavy atom. The van der Waals surface area contributed by atoms with Crippen LogP contribution in [0.4, 0.5) is 11.6 Å². The molecule has 3 atom stereocenters. The van der Waals surface area contributed by atoms with E-state index in [0.29, 0.717) is 12.2 Å². The van der Waals surface area contributed by atoms with Gasteiger partial charge in [-0.1, -0.05) is 24.3 Å². The molecule has 0 aliphatic carbocycles. The van der Waals surface area contributed by atoms with E-state index in [-0.39, 0.29) is 25.0 Å². The van der Waals surface area contributed by atoms with Crippen molar-refractivity contribution >= 4 is 11.6 Å². The van der Waals surface area contributed by atoms with E-state index in [2.05, 4.69) is 33.9 Å². The first-order valence-electron chi connectivity index (χ1n) is 7.68. The number of allylic oxidation sites excluding steroid dienone is 3. The quantitative estimate of drug-likeness (QED) is 0.859. The minimum Gasteiger partial charge on any atom is -0.394 e. The average Bonchev–Trinajstić information content (AvgIpc) is 2.99. The lowest BCUT2D eigenvalue weighted by Gasteiger charge is -2.35. The molecule has 6 nitrogen and oxygen atoms in total. The highest BCUT2D eigenvalue weighted by Crippen LogP contribution is 2.32. The van der Waals surface area contributed by atoms with E-state index in [1.807, 2.05) is 12.2 Å². The summed E-state index contributed by atoms with van der Waals surface area (Å²) in [6.07, 6.45) is 11.9. The lowest BCUT2D eigenvalue weighted by Crippen LogP contribution is -2.42. The summed E-state index contributed by atoms with van der Waals surface area (Å²) < 4.78 is 5.97. The van der Waals surface area contributed by atoms with Gasteiger partial charge in [0, 0.05) is 11.6 Å². The number of hydrogen-bond acceptors (Lipinski definition) is 6. The van der Waals surface area contributed by atoms with Crippen LogP contribution >= 0.6 is 0 Å². The number of rotatable bonds is 2. The van der Waals surface area contributed by atoms with Crippen LogP contribution in [0.1, 0.15) is 25.3 Å². The summed E-state index contributed by atoms with van der Waals surface area (Å²) in [5.41, 5.74) is 6.98. The number of aromatic nitrogens is 2. The smallest absolute Gasteiger partial charge is 0.140 e. The molecule has 22 heavy (non-hydrogen) atoms. The zero-order valence-electron chi connectivity index (χ0n) is 12.7. The SMILES string of the molecule is CC1/C=C\C=C/Cc2c(N)ncnc2N1C1CCC(CO)O1. The van der Waals surface area contributed by atoms with Crippen LogP contribution in [0.5, 0.6) is 0 Å². The van der Waals surface area contributed by atoms with Crippen LogP contribution < -0.4 is 10.6 Å². The number of aliphatic hydroxyl groups excluding tert-OH is 1. The number of nitrogen functional groups attached to an aromatic ring is 1. The van der Waals surface area contributed by atoms with Crippen LogP contribution in [-0.4, -0.2) is 40.1 Å². The normalized spacial score (nSPS) is 31.0. The minimum absolute atomic E-state index is 0.0505. The van der Waals surface area contributed by atoms with Crippen molar-refractivity contribution in [2.45, 2.75) is 44.6 Å². The van der Waals surface area contributed by atoms with Crippen LogP contribution in [0.3, 0.4) is 0 Å². The number of aliphatic hydroxyl groups is 1. The molecule has 0 spiro atoms. The summed E-state index contributed by atoms with van der Waals surface area (Å²) in [5, 5.41) is 9.32. The Bertz CT molecular complexity index is 588. The van der Waals surface area contributed by atoms with Gasteiger partial charge in [-0.15, -0.1) is 0 Å². The Morgan fingerprint density at radius 3 is 3.00 bits per heavy atom. The van der Waals surface area contributed by atoms with Crippen LogP contribution in [0.2, 0.25) is 0 Å². The van der Waals surface area contributed by atoms with Crippen molar-refractivity contribution in [3.8, 4) is 0 Å². The molecule has 0 amide bonds. The number of hydrogen-bond donors (Lipinski definition) is 2. The maximum absolute atomic E-state index is 9.32. The Kier molecular flexibility index (Phi) is 4.40. The van der Waals surface area contributed by atoms with Gasteiger partial charge in [0.05, 0.1) is 12.7 Å². The van der Waals surface area contributed by atoms with E-state index >= 15 is 0 Å². The number of nitrogens with two attached hydrogens (primary N) is 1. The molecule has 0 radical (unpaired) electrons. The fourth-order valence-corrected chi connectivity index (χ4v) is 3.03. The molecule has 0 bridgehead atoms. The van der Waals surface area contributed by atoms with Crippen molar-refractivity contribution in [3.05, 3.63) is 36.2 Å². The standard InChI is InChI=1S/C16H22N4O2/c1-11-5-3-2-4-6-13-15(17)18-10-19-16(13)20(11)14-8-7-12(9-21)22-14/h2-5,10-12,14,21H,6-9H2,1H3,(H2,17,18,19)/b4-2-,5-3-. The Labute approximate surface area is 130 Å². The topological polar surface area (TPSA) is 84.5 Å². The molecule has 0 aromatic carbocycles. The van der Waals surface area contributed by atoms with Crippen molar-refractivity contribution in [1.29, 1.82) is 0 Å². The molecule has 3 heterocycles. The van der Waals surface area contributed by atoms with Crippen LogP contribution in [0, 0.1) is 0 Å². The second-order valence-electron chi connectivity index (χ2n) is 5.70. The molecule has 2 aliphatic rings. The van der Waals surface area contributed by atoms with Crippen molar-refractivity contribution in [2.75, 3.05) is 17.2 Å². The summed E-state index contributed by atoms with van der Waals surface area (Å²) >= 11 is 0. The van der Waals surface area contributed by atoms with E-state index in [9.17, 15) is 5.11 Å². The van der Waals surface area contributed by atoms with E-state index < -0.39 is 0 Å². The fraction of sp³-hybridized carbons (Fsp3) is 0.500. The zero-order valence-corrected chi connectivity index (χ0v) is 12.7. The van der Waals surface area contributed by atoms with Gasteiger partial charge in [-0.2, -0.15) is 0 Å². The highest BCUT2D eigenvalue weighted by atomic mass is 16.5. The van der Waals surface area contributed by atoms with Gasteiger partial charge < -0.3 is 20.5 Å². The molecule has 1 aromatic rings. The Morgan fingerprint density at radius 2 is 2.23 bits per heavy atom. The number of nitrogens with zero attached hydrogens (tertiary/aromatic N) is 3. The molecule has 0 saturated carbocycles. The number of fused-ring (bicyclic) bond motifs is 1. The summed E-state index contributed by atoms with van der Waals surface area (Å²) in [6.45, 7) is 2.16. The van der Waals surface area contributed by atoms with Crippen molar-refractivity contribution in [2.24, 2.45) is 0 Å². The van der Waals surface area contributed by atoms with Crippen molar-refractivity contribution < 1.29 is 9.84 Å². The predicted molar refractivity (Wildman–Crippen MR) is 85.4 cm³/mol. The Hall–Kier alpha value is -1.92. The largest absolute Gasteiger partial charge is 0.394 e. The lowest BCUT2D eigenvalue weighted by molar-refractivity contribution is 0.00872. The van der Waals surface area contributed by atoms with Gasteiger partial charge in [-0.05, 0) is 26.2 Å². The molecule has 3 unspecified atom stereocenters. The molecule has 6 heteroatoms. The fourth-order valence-electron chi connectivity index (χ4n) is 3.03. The third-order valence-corrected chi connectivity index (χ3v) is 4.20. The summed E-state index contributed by atoms with van der Waals surface area (Å²) in [6, 6.07) is 0.109. The van der Waals surface area contributed by atoms with Gasteiger partial charge in [0.15, 0.2) is 0 Å². The van der Waals surface area contributed by atoms with Gasteiger partial charge in [-0.25, -0.2) is 9.97 Å². The number of ether oxygens (including phenoxy) is 1. The van der Waals surface area contributed by atoms with Crippen LogP contribution in [-0.2, 0) is 11.2 Å². The van der Waals surface area contributed by atoms with E-state index in [1.165, 1.54) is 6.33 Å². The van der Waals surface area contributed by atoms with Gasteiger partial charge in [-0.3, -0.25) is 0 Å². The summed E-state index contributed by atoms with van der Waals surface area (Å²) in [7, 11) is 0. The maximum atomic E-state index is 9.32. The predicted octanol–water partition coefficient (Wildman–Crippen LogP) is 1.42. The molecule has 1 aromatic heterocycles. The zero-order chi connectivity index (χ0) is 15.5. The number of anilines is 2. The Balaban J connectivity index is 2.01. The van der Waals surface area contributed by atoms with Crippen molar-refractivity contribution in [1.82, 2.24) is 9.97 Å². The van der Waals surface area contributed by atoms with Crippen molar-refractivity contribution in [3.63, 3.8) is 0 Å². The monoisotopic (exact) mass is 302 g/mol. The van der Waals surface area contributed by atoms with Crippen LogP contribution in [0.25, 0.3) is 0 Å². The van der Waals surface area contributed by atoms with Gasteiger partial charge >= 0.3 is 0 Å². The highest BCUT2D eigenvalue weighted by molar-refractivity contribution is 5.59. The second-order valence-corrected chi connectivity index (χ2v) is 5.70. The van der Waals surface area contributed by atoms with Gasteiger partial charge in [0.25, 0.3) is 0 Å². The lowest BCUT2D eigenvalue weighted by atomic mass is 10.1. The van der Waals surface area contributed by atoms with Gasteiger partial charge in [0.1, 0.15) is 24.2 Å². The third kappa shape index (κ3) is 2.84. The molecule has 3 rings (SSSR count). The highest BCUT2D eigenvalue weighted by Gasteiger charge is 2.34. The summed E-state index contributed by atoms with van der Waals surface area (Å²) in [5.74, 6) is 1.32. The molecule has 3 N–H and O–H groups in total. The first kappa shape index (κ1) is 15.0. The maximum Gasteiger partial charge on any atom is 0.140 e.